The van der Waals surface area contributed by atoms with Gasteiger partial charge in [0.25, 0.3) is 0 Å². The molecule has 0 saturated heterocycles. The molecule has 6 heteroatoms. The number of benzene rings is 2. The monoisotopic (exact) mass is 361 g/mol. The molecule has 2 aromatic carbocycles. The van der Waals surface area contributed by atoms with Crippen LogP contribution >= 0.6 is 23.2 Å². The molecule has 1 aliphatic rings. The number of rotatable bonds is 5. The van der Waals surface area contributed by atoms with Crippen LogP contribution < -0.4 is 4.74 Å². The molecule has 0 aromatic heterocycles. The summed E-state index contributed by atoms with van der Waals surface area (Å²) < 4.78 is 10.7. The first-order chi connectivity index (χ1) is 11.6. The minimum absolute atomic E-state index is 0.203. The predicted octanol–water partition coefficient (Wildman–Crippen LogP) is 4.76. The molecule has 1 heterocycles. The fourth-order valence-electron chi connectivity index (χ4n) is 2.10. The van der Waals surface area contributed by atoms with Crippen LogP contribution in [0.15, 0.2) is 59.2 Å². The third kappa shape index (κ3) is 4.16. The van der Waals surface area contributed by atoms with Crippen LogP contribution in [0.2, 0.25) is 10.0 Å². The van der Waals surface area contributed by atoms with Gasteiger partial charge in [-0.1, -0.05) is 47.5 Å². The van der Waals surface area contributed by atoms with Crippen LogP contribution in [0.25, 0.3) is 6.08 Å². The second kappa shape index (κ2) is 7.51. The number of halogens is 2. The maximum absolute atomic E-state index is 11.9. The van der Waals surface area contributed by atoms with Gasteiger partial charge in [0.15, 0.2) is 5.70 Å². The van der Waals surface area contributed by atoms with Crippen LogP contribution in [-0.4, -0.2) is 18.5 Å². The van der Waals surface area contributed by atoms with Crippen molar-refractivity contribution in [1.82, 2.24) is 0 Å². The van der Waals surface area contributed by atoms with Crippen molar-refractivity contribution in [2.24, 2.45) is 4.99 Å². The quantitative estimate of drug-likeness (QED) is 0.569. The van der Waals surface area contributed by atoms with Gasteiger partial charge in [-0.15, -0.1) is 0 Å². The average molecular weight is 362 g/mol. The summed E-state index contributed by atoms with van der Waals surface area (Å²) in [5.74, 6) is 0.578. The highest BCUT2D eigenvalue weighted by atomic mass is 35.5. The van der Waals surface area contributed by atoms with Gasteiger partial charge in [-0.2, -0.15) is 0 Å². The van der Waals surface area contributed by atoms with E-state index < -0.39 is 5.97 Å². The molecular weight excluding hydrogens is 349 g/mol. The van der Waals surface area contributed by atoms with Gasteiger partial charge in [0, 0.05) is 10.0 Å². The van der Waals surface area contributed by atoms with Crippen molar-refractivity contribution in [2.75, 3.05) is 6.61 Å². The lowest BCUT2D eigenvalue weighted by atomic mass is 10.2. The van der Waals surface area contributed by atoms with Crippen molar-refractivity contribution >= 4 is 41.1 Å². The van der Waals surface area contributed by atoms with Crippen LogP contribution in [0.1, 0.15) is 12.0 Å². The summed E-state index contributed by atoms with van der Waals surface area (Å²) in [4.78, 5) is 16.1. The van der Waals surface area contributed by atoms with E-state index in [0.29, 0.717) is 34.5 Å². The molecule has 0 N–H and O–H groups in total. The van der Waals surface area contributed by atoms with E-state index in [9.17, 15) is 4.79 Å². The molecular formula is C18H13Cl2NO3. The van der Waals surface area contributed by atoms with Crippen molar-refractivity contribution < 1.29 is 14.3 Å². The number of hydrogen-bond donors (Lipinski definition) is 0. The van der Waals surface area contributed by atoms with Gasteiger partial charge in [-0.3, -0.25) is 0 Å². The van der Waals surface area contributed by atoms with Crippen LogP contribution in [0.5, 0.6) is 5.75 Å². The first-order valence-corrected chi connectivity index (χ1v) is 8.02. The number of ether oxygens (including phenoxy) is 2. The highest BCUT2D eigenvalue weighted by molar-refractivity contribution is 6.35. The van der Waals surface area contributed by atoms with E-state index in [1.165, 1.54) is 0 Å². The van der Waals surface area contributed by atoms with Crippen LogP contribution in [-0.2, 0) is 9.53 Å². The number of para-hydroxylation sites is 1. The lowest BCUT2D eigenvalue weighted by Crippen LogP contribution is -2.08. The predicted molar refractivity (Wildman–Crippen MR) is 94.5 cm³/mol. The van der Waals surface area contributed by atoms with Gasteiger partial charge >= 0.3 is 5.97 Å². The van der Waals surface area contributed by atoms with Crippen molar-refractivity contribution in [3.63, 3.8) is 0 Å². The standard InChI is InChI=1S/C18H13Cl2NO3/c19-13-7-6-12(15(20)11-13)10-16-18(22)24-17(21-16)8-9-23-14-4-2-1-3-5-14/h1-7,10-11H,8-9H2/b16-10-. The Bertz CT molecular complexity index is 816. The lowest BCUT2D eigenvalue weighted by molar-refractivity contribution is -0.130. The molecule has 4 nitrogen and oxygen atoms in total. The third-order valence-corrected chi connectivity index (χ3v) is 3.81. The fraction of sp³-hybridized carbons (Fsp3) is 0.111. The highest BCUT2D eigenvalue weighted by Crippen LogP contribution is 2.25. The zero-order chi connectivity index (χ0) is 16.9. The second-order valence-corrected chi connectivity index (χ2v) is 5.85. The first kappa shape index (κ1) is 16.6. The Balaban J connectivity index is 1.65. The average Bonchev–Trinajstić information content (AvgIpc) is 2.91. The van der Waals surface area contributed by atoms with E-state index in [0.717, 1.165) is 5.75 Å². The normalized spacial score (nSPS) is 15.3. The molecule has 0 radical (unpaired) electrons. The maximum atomic E-state index is 11.9. The Morgan fingerprint density at radius 1 is 1.12 bits per heavy atom. The molecule has 0 spiro atoms. The molecule has 0 atom stereocenters. The number of hydrogen-bond acceptors (Lipinski definition) is 4. The SMILES string of the molecule is O=C1OC(CCOc2ccccc2)=N/C1=C\c1ccc(Cl)cc1Cl. The Morgan fingerprint density at radius 2 is 1.92 bits per heavy atom. The second-order valence-electron chi connectivity index (χ2n) is 5.00. The molecule has 0 unspecified atom stereocenters. The molecule has 24 heavy (non-hydrogen) atoms. The van der Waals surface area contributed by atoms with Crippen LogP contribution in [0, 0.1) is 0 Å². The van der Waals surface area contributed by atoms with Gasteiger partial charge in [0.05, 0.1) is 13.0 Å². The number of cyclic esters (lactones) is 1. The van der Waals surface area contributed by atoms with E-state index >= 15 is 0 Å². The van der Waals surface area contributed by atoms with Crippen molar-refractivity contribution in [3.8, 4) is 5.75 Å². The van der Waals surface area contributed by atoms with E-state index in [4.69, 9.17) is 32.7 Å². The number of esters is 1. The van der Waals surface area contributed by atoms with Gasteiger partial charge in [-0.05, 0) is 35.9 Å². The Kier molecular flexibility index (Phi) is 5.18. The summed E-state index contributed by atoms with van der Waals surface area (Å²) in [5.41, 5.74) is 0.854. The van der Waals surface area contributed by atoms with Gasteiger partial charge < -0.3 is 9.47 Å². The first-order valence-electron chi connectivity index (χ1n) is 7.26. The molecule has 122 valence electrons. The summed E-state index contributed by atoms with van der Waals surface area (Å²) >= 11 is 11.9. The van der Waals surface area contributed by atoms with Crippen molar-refractivity contribution in [2.45, 2.75) is 6.42 Å². The van der Waals surface area contributed by atoms with Crippen molar-refractivity contribution in [3.05, 3.63) is 69.8 Å². The topological polar surface area (TPSA) is 47.9 Å². The highest BCUT2D eigenvalue weighted by Gasteiger charge is 2.23. The van der Waals surface area contributed by atoms with Crippen LogP contribution in [0.4, 0.5) is 0 Å². The molecule has 0 saturated carbocycles. The zero-order valence-electron chi connectivity index (χ0n) is 12.5. The van der Waals surface area contributed by atoms with E-state index in [-0.39, 0.29) is 5.70 Å². The molecule has 1 aliphatic heterocycles. The molecule has 3 rings (SSSR count). The molecule has 2 aromatic rings. The van der Waals surface area contributed by atoms with Crippen LogP contribution in [0.3, 0.4) is 0 Å². The molecule has 0 bridgehead atoms. The summed E-state index contributed by atoms with van der Waals surface area (Å²) in [6.07, 6.45) is 1.97. The summed E-state index contributed by atoms with van der Waals surface area (Å²) in [7, 11) is 0. The largest absolute Gasteiger partial charge is 0.493 e. The van der Waals surface area contributed by atoms with Gasteiger partial charge in [-0.25, -0.2) is 9.79 Å². The Morgan fingerprint density at radius 3 is 2.67 bits per heavy atom. The van der Waals surface area contributed by atoms with Gasteiger partial charge in [0.2, 0.25) is 5.90 Å². The Hall–Kier alpha value is -2.30. The zero-order valence-corrected chi connectivity index (χ0v) is 14.1. The number of nitrogens with zero attached hydrogens (tertiary/aromatic N) is 1. The molecule has 0 aliphatic carbocycles. The number of carbonyl (C=O) groups is 1. The summed E-state index contributed by atoms with van der Waals surface area (Å²) in [6, 6.07) is 14.4. The van der Waals surface area contributed by atoms with Gasteiger partial charge in [0.1, 0.15) is 5.75 Å². The molecule has 0 amide bonds. The summed E-state index contributed by atoms with van der Waals surface area (Å²) in [6.45, 7) is 0.366. The number of aliphatic imine (C=N–C) groups is 1. The minimum Gasteiger partial charge on any atom is -0.493 e. The minimum atomic E-state index is -0.504. The Labute approximate surface area is 149 Å². The third-order valence-electron chi connectivity index (χ3n) is 3.25. The lowest BCUT2D eigenvalue weighted by Gasteiger charge is -2.04. The maximum Gasteiger partial charge on any atom is 0.363 e. The molecule has 0 fully saturated rings. The summed E-state index contributed by atoms with van der Waals surface area (Å²) in [5, 5.41) is 0.970. The smallest absolute Gasteiger partial charge is 0.363 e. The van der Waals surface area contributed by atoms with E-state index in [1.807, 2.05) is 30.3 Å². The van der Waals surface area contributed by atoms with E-state index in [2.05, 4.69) is 4.99 Å². The fourth-order valence-corrected chi connectivity index (χ4v) is 2.56. The number of carbonyl (C=O) groups excluding carboxylic acids is 1. The van der Waals surface area contributed by atoms with Crippen molar-refractivity contribution in [1.29, 1.82) is 0 Å². The van der Waals surface area contributed by atoms with E-state index in [1.54, 1.807) is 24.3 Å².